The Morgan fingerprint density at radius 3 is 2.52 bits per heavy atom. The summed E-state index contributed by atoms with van der Waals surface area (Å²) in [5, 5.41) is 10.8. The van der Waals surface area contributed by atoms with Crippen molar-refractivity contribution in [3.63, 3.8) is 0 Å². The standard InChI is InChI=1S/C20H20FN5O2S/c1-13(27)17(11-14-7-3-2-4-8-14)23-18(28)12-29-20-25-24-19(26(20)22)15-9-5-6-10-16(15)21/h2-10,17H,11-12,22H2,1H3,(H,23,28)/t17-/m1/s1. The number of carbonyl (C=O) groups is 2. The number of Topliss-reactive ketones (excluding diaryl/α,β-unsaturated/α-hetero) is 1. The van der Waals surface area contributed by atoms with Gasteiger partial charge >= 0.3 is 0 Å². The average molecular weight is 413 g/mol. The molecule has 0 unspecified atom stereocenters. The summed E-state index contributed by atoms with van der Waals surface area (Å²) >= 11 is 1.06. The zero-order valence-corrected chi connectivity index (χ0v) is 16.5. The Morgan fingerprint density at radius 2 is 1.83 bits per heavy atom. The monoisotopic (exact) mass is 413 g/mol. The minimum absolute atomic E-state index is 0.00876. The van der Waals surface area contributed by atoms with E-state index in [1.807, 2.05) is 30.3 Å². The van der Waals surface area contributed by atoms with Gasteiger partial charge in [0.2, 0.25) is 11.1 Å². The molecule has 1 heterocycles. The lowest BCUT2D eigenvalue weighted by atomic mass is 10.0. The second kappa shape index (κ2) is 9.33. The molecule has 150 valence electrons. The predicted molar refractivity (Wildman–Crippen MR) is 109 cm³/mol. The van der Waals surface area contributed by atoms with Crippen LogP contribution < -0.4 is 11.2 Å². The summed E-state index contributed by atoms with van der Waals surface area (Å²) in [6.45, 7) is 1.44. The Hall–Kier alpha value is -3.20. The van der Waals surface area contributed by atoms with E-state index in [1.165, 1.54) is 13.0 Å². The molecule has 0 saturated carbocycles. The number of nitrogens with one attached hydrogen (secondary N) is 1. The molecule has 1 amide bonds. The van der Waals surface area contributed by atoms with Crippen molar-refractivity contribution in [3.05, 3.63) is 66.0 Å². The van der Waals surface area contributed by atoms with Gasteiger partial charge in [0.05, 0.1) is 17.4 Å². The van der Waals surface area contributed by atoms with Crippen LogP contribution in [0.5, 0.6) is 0 Å². The van der Waals surface area contributed by atoms with Gasteiger partial charge in [-0.3, -0.25) is 9.59 Å². The first kappa shape index (κ1) is 20.5. The third-order valence-electron chi connectivity index (χ3n) is 4.22. The molecule has 3 rings (SSSR count). The highest BCUT2D eigenvalue weighted by atomic mass is 32.2. The van der Waals surface area contributed by atoms with Crippen LogP contribution in [0.25, 0.3) is 11.4 Å². The van der Waals surface area contributed by atoms with Gasteiger partial charge in [0.1, 0.15) is 5.82 Å². The first-order valence-corrected chi connectivity index (χ1v) is 9.86. The fraction of sp³-hybridized carbons (Fsp3) is 0.200. The smallest absolute Gasteiger partial charge is 0.231 e. The number of rotatable bonds is 8. The van der Waals surface area contributed by atoms with E-state index in [0.29, 0.717) is 6.42 Å². The van der Waals surface area contributed by atoms with E-state index in [0.717, 1.165) is 22.0 Å². The molecule has 0 aliphatic carbocycles. The molecule has 2 aromatic carbocycles. The third-order valence-corrected chi connectivity index (χ3v) is 5.16. The van der Waals surface area contributed by atoms with Crippen LogP contribution in [0.4, 0.5) is 4.39 Å². The number of nitrogens with zero attached hydrogens (tertiary/aromatic N) is 3. The van der Waals surface area contributed by atoms with Crippen LogP contribution in [0, 0.1) is 5.82 Å². The van der Waals surface area contributed by atoms with Crippen molar-refractivity contribution >= 4 is 23.5 Å². The molecule has 7 nitrogen and oxygen atoms in total. The lowest BCUT2D eigenvalue weighted by molar-refractivity contribution is -0.125. The number of amides is 1. The molecular formula is C20H20FN5O2S. The number of hydrogen-bond acceptors (Lipinski definition) is 6. The predicted octanol–water partition coefficient (Wildman–Crippen LogP) is 2.21. The molecule has 1 atom stereocenters. The first-order valence-electron chi connectivity index (χ1n) is 8.87. The van der Waals surface area contributed by atoms with E-state index in [-0.39, 0.29) is 34.0 Å². The van der Waals surface area contributed by atoms with Crippen molar-refractivity contribution in [2.24, 2.45) is 0 Å². The van der Waals surface area contributed by atoms with E-state index >= 15 is 0 Å². The number of halogens is 1. The van der Waals surface area contributed by atoms with Crippen molar-refractivity contribution in [2.45, 2.75) is 24.5 Å². The largest absolute Gasteiger partial charge is 0.345 e. The minimum Gasteiger partial charge on any atom is -0.345 e. The van der Waals surface area contributed by atoms with Gasteiger partial charge in [-0.25, -0.2) is 9.07 Å². The van der Waals surface area contributed by atoms with Crippen LogP contribution >= 0.6 is 11.8 Å². The first-order chi connectivity index (χ1) is 14.0. The molecular weight excluding hydrogens is 393 g/mol. The zero-order valence-electron chi connectivity index (χ0n) is 15.7. The summed E-state index contributed by atoms with van der Waals surface area (Å²) in [6, 6.07) is 14.9. The van der Waals surface area contributed by atoms with Crippen LogP contribution in [0.15, 0.2) is 59.8 Å². The topological polar surface area (TPSA) is 103 Å². The second-order valence-electron chi connectivity index (χ2n) is 6.37. The van der Waals surface area contributed by atoms with E-state index < -0.39 is 11.9 Å². The fourth-order valence-corrected chi connectivity index (χ4v) is 3.38. The maximum atomic E-state index is 13.9. The highest BCUT2D eigenvalue weighted by Crippen LogP contribution is 2.23. The lowest BCUT2D eigenvalue weighted by Crippen LogP contribution is -2.42. The number of aromatic nitrogens is 3. The number of hydrogen-bond donors (Lipinski definition) is 2. The Morgan fingerprint density at radius 1 is 1.14 bits per heavy atom. The van der Waals surface area contributed by atoms with Gasteiger partial charge in [-0.05, 0) is 31.0 Å². The number of thioether (sulfide) groups is 1. The molecule has 3 N–H and O–H groups in total. The number of benzene rings is 2. The minimum atomic E-state index is -0.616. The lowest BCUT2D eigenvalue weighted by Gasteiger charge is -2.16. The Labute approximate surface area is 171 Å². The average Bonchev–Trinajstić information content (AvgIpc) is 3.07. The van der Waals surface area contributed by atoms with Crippen molar-refractivity contribution in [2.75, 3.05) is 11.6 Å². The van der Waals surface area contributed by atoms with E-state index in [9.17, 15) is 14.0 Å². The number of ketones is 1. The van der Waals surface area contributed by atoms with Crippen LogP contribution in [0.3, 0.4) is 0 Å². The van der Waals surface area contributed by atoms with Crippen molar-refractivity contribution < 1.29 is 14.0 Å². The van der Waals surface area contributed by atoms with Gasteiger partial charge in [-0.1, -0.05) is 54.2 Å². The van der Waals surface area contributed by atoms with Gasteiger partial charge in [-0.15, -0.1) is 10.2 Å². The van der Waals surface area contributed by atoms with Crippen molar-refractivity contribution in [1.29, 1.82) is 0 Å². The van der Waals surface area contributed by atoms with Crippen LogP contribution in [-0.2, 0) is 16.0 Å². The molecule has 29 heavy (non-hydrogen) atoms. The van der Waals surface area contributed by atoms with Crippen molar-refractivity contribution in [3.8, 4) is 11.4 Å². The summed E-state index contributed by atoms with van der Waals surface area (Å²) in [6.07, 6.45) is 0.414. The third kappa shape index (κ3) is 5.20. The Bertz CT molecular complexity index is 1010. The summed E-state index contributed by atoms with van der Waals surface area (Å²) < 4.78 is 15.1. The van der Waals surface area contributed by atoms with Gasteiger partial charge in [0.25, 0.3) is 0 Å². The van der Waals surface area contributed by atoms with E-state index in [1.54, 1.807) is 18.2 Å². The summed E-state index contributed by atoms with van der Waals surface area (Å²) in [4.78, 5) is 24.2. The Balaban J connectivity index is 1.62. The molecule has 0 radical (unpaired) electrons. The highest BCUT2D eigenvalue weighted by Gasteiger charge is 2.20. The highest BCUT2D eigenvalue weighted by molar-refractivity contribution is 7.99. The van der Waals surface area contributed by atoms with Crippen LogP contribution in [0.1, 0.15) is 12.5 Å². The molecule has 0 aliphatic heterocycles. The van der Waals surface area contributed by atoms with Crippen molar-refractivity contribution in [1.82, 2.24) is 20.2 Å². The summed E-state index contributed by atoms with van der Waals surface area (Å²) in [5.41, 5.74) is 1.18. The summed E-state index contributed by atoms with van der Waals surface area (Å²) in [7, 11) is 0. The number of nitrogens with two attached hydrogens (primary N) is 1. The maximum Gasteiger partial charge on any atom is 0.231 e. The SMILES string of the molecule is CC(=O)[C@@H](Cc1ccccc1)NC(=O)CSc1nnc(-c2ccccc2F)n1N. The maximum absolute atomic E-state index is 13.9. The number of nitrogen functional groups attached to an aromatic ring is 1. The van der Waals surface area contributed by atoms with Gasteiger partial charge in [-0.2, -0.15) is 0 Å². The Kier molecular flexibility index (Phi) is 6.61. The molecule has 3 aromatic rings. The molecule has 1 aromatic heterocycles. The van der Waals surface area contributed by atoms with Gasteiger partial charge in [0.15, 0.2) is 11.6 Å². The quantitative estimate of drug-likeness (QED) is 0.434. The molecule has 9 heteroatoms. The zero-order chi connectivity index (χ0) is 20.8. The van der Waals surface area contributed by atoms with Crippen LogP contribution in [0.2, 0.25) is 0 Å². The van der Waals surface area contributed by atoms with E-state index in [4.69, 9.17) is 5.84 Å². The molecule has 0 aliphatic rings. The molecule has 0 bridgehead atoms. The van der Waals surface area contributed by atoms with Crippen LogP contribution in [-0.4, -0.2) is 38.4 Å². The molecule has 0 spiro atoms. The summed E-state index contributed by atoms with van der Waals surface area (Å²) in [5.74, 6) is 5.19. The normalized spacial score (nSPS) is 11.8. The van der Waals surface area contributed by atoms with E-state index in [2.05, 4.69) is 15.5 Å². The molecule has 0 saturated heterocycles. The number of carbonyl (C=O) groups excluding carboxylic acids is 2. The van der Waals surface area contributed by atoms with Gasteiger partial charge in [0, 0.05) is 0 Å². The van der Waals surface area contributed by atoms with Gasteiger partial charge < -0.3 is 11.2 Å². The molecule has 0 fully saturated rings. The fourth-order valence-electron chi connectivity index (χ4n) is 2.71. The second-order valence-corrected chi connectivity index (χ2v) is 7.31.